The van der Waals surface area contributed by atoms with Crippen molar-refractivity contribution in [1.29, 1.82) is 0 Å². The topological polar surface area (TPSA) is 76.5 Å². The average molecular weight is 388 g/mol. The van der Waals surface area contributed by atoms with Gasteiger partial charge < -0.3 is 15.0 Å². The summed E-state index contributed by atoms with van der Waals surface area (Å²) in [6.45, 7) is 0.142. The number of nitrogens with one attached hydrogen (secondary N) is 1. The molecule has 7 nitrogen and oxygen atoms in total. The van der Waals surface area contributed by atoms with Gasteiger partial charge in [0.2, 0.25) is 0 Å². The first kappa shape index (κ1) is 18.5. The van der Waals surface area contributed by atoms with Crippen LogP contribution in [0.5, 0.6) is 5.75 Å². The minimum Gasteiger partial charge on any atom is -0.477 e. The van der Waals surface area contributed by atoms with Crippen molar-refractivity contribution in [3.63, 3.8) is 0 Å². The maximum Gasteiger partial charge on any atom is 0.262 e. The third kappa shape index (κ3) is 3.89. The van der Waals surface area contributed by atoms with Gasteiger partial charge in [0.05, 0.1) is 24.1 Å². The highest BCUT2D eigenvalue weighted by atomic mass is 16.5. The van der Waals surface area contributed by atoms with Crippen molar-refractivity contribution in [3.8, 4) is 11.4 Å². The number of amides is 2. The second-order valence-electron chi connectivity index (χ2n) is 6.52. The SMILES string of the molecule is CNC(=O)[C@@H]1CN(C(=O)/C=C/c2cnn(-c3ccccc3)c2)c2ccccc2O1. The predicted octanol–water partition coefficient (Wildman–Crippen LogP) is 2.43. The van der Waals surface area contributed by atoms with Crippen LogP contribution in [0, 0.1) is 0 Å². The van der Waals surface area contributed by atoms with Crippen molar-refractivity contribution < 1.29 is 14.3 Å². The molecule has 29 heavy (non-hydrogen) atoms. The number of rotatable bonds is 4. The van der Waals surface area contributed by atoms with E-state index in [4.69, 9.17) is 4.74 Å². The largest absolute Gasteiger partial charge is 0.477 e. The Morgan fingerprint density at radius 3 is 2.69 bits per heavy atom. The van der Waals surface area contributed by atoms with Gasteiger partial charge >= 0.3 is 0 Å². The summed E-state index contributed by atoms with van der Waals surface area (Å²) in [5.41, 5.74) is 2.38. The number of likely N-dealkylation sites (N-methyl/N-ethyl adjacent to an activating group) is 1. The molecule has 4 rings (SSSR count). The number of carbonyl (C=O) groups is 2. The number of hydrogen-bond donors (Lipinski definition) is 1. The molecule has 1 aromatic heterocycles. The lowest BCUT2D eigenvalue weighted by Crippen LogP contribution is -2.49. The van der Waals surface area contributed by atoms with Crippen LogP contribution in [0.15, 0.2) is 73.1 Å². The number of hydrogen-bond acceptors (Lipinski definition) is 4. The van der Waals surface area contributed by atoms with E-state index in [9.17, 15) is 9.59 Å². The van der Waals surface area contributed by atoms with Crippen LogP contribution < -0.4 is 15.0 Å². The molecule has 0 aliphatic carbocycles. The Kier molecular flexibility index (Phi) is 5.11. The summed E-state index contributed by atoms with van der Waals surface area (Å²) in [5.74, 6) is -0.00136. The van der Waals surface area contributed by atoms with Gasteiger partial charge in [-0.15, -0.1) is 0 Å². The van der Waals surface area contributed by atoms with Gasteiger partial charge in [0.1, 0.15) is 5.75 Å². The zero-order chi connectivity index (χ0) is 20.2. The minimum atomic E-state index is -0.756. The van der Waals surface area contributed by atoms with Crippen molar-refractivity contribution in [2.24, 2.45) is 0 Å². The summed E-state index contributed by atoms with van der Waals surface area (Å²) in [6.07, 6.45) is 5.97. The van der Waals surface area contributed by atoms with Gasteiger partial charge in [-0.2, -0.15) is 5.10 Å². The van der Waals surface area contributed by atoms with Crippen molar-refractivity contribution >= 4 is 23.6 Å². The van der Waals surface area contributed by atoms with Crippen LogP contribution >= 0.6 is 0 Å². The lowest BCUT2D eigenvalue weighted by atomic mass is 10.1. The van der Waals surface area contributed by atoms with Crippen LogP contribution in [-0.4, -0.2) is 41.3 Å². The third-order valence-corrected chi connectivity index (χ3v) is 4.62. The Morgan fingerprint density at radius 2 is 1.90 bits per heavy atom. The highest BCUT2D eigenvalue weighted by Gasteiger charge is 2.32. The van der Waals surface area contributed by atoms with Crippen molar-refractivity contribution in [2.45, 2.75) is 6.10 Å². The Hall–Kier alpha value is -3.87. The zero-order valence-electron chi connectivity index (χ0n) is 15.9. The van der Waals surface area contributed by atoms with Crippen LogP contribution in [0.3, 0.4) is 0 Å². The lowest BCUT2D eigenvalue weighted by Gasteiger charge is -2.33. The molecule has 2 aromatic carbocycles. The quantitative estimate of drug-likeness (QED) is 0.697. The molecule has 1 aliphatic heterocycles. The molecule has 7 heteroatoms. The Labute approximate surface area is 168 Å². The van der Waals surface area contributed by atoms with E-state index in [-0.39, 0.29) is 18.4 Å². The molecule has 0 saturated carbocycles. The van der Waals surface area contributed by atoms with E-state index >= 15 is 0 Å². The number of aromatic nitrogens is 2. The maximum absolute atomic E-state index is 12.9. The number of anilines is 1. The van der Waals surface area contributed by atoms with E-state index in [1.807, 2.05) is 48.7 Å². The van der Waals surface area contributed by atoms with Crippen LogP contribution in [-0.2, 0) is 9.59 Å². The third-order valence-electron chi connectivity index (χ3n) is 4.62. The molecule has 146 valence electrons. The van der Waals surface area contributed by atoms with Gasteiger partial charge in [-0.05, 0) is 30.3 Å². The highest BCUT2D eigenvalue weighted by molar-refractivity contribution is 6.05. The van der Waals surface area contributed by atoms with Crippen LogP contribution in [0.2, 0.25) is 0 Å². The van der Waals surface area contributed by atoms with Crippen LogP contribution in [0.1, 0.15) is 5.56 Å². The average Bonchev–Trinajstić information content (AvgIpc) is 3.26. The second-order valence-corrected chi connectivity index (χ2v) is 6.52. The predicted molar refractivity (Wildman–Crippen MR) is 110 cm³/mol. The molecule has 0 unspecified atom stereocenters. The van der Waals surface area contributed by atoms with Gasteiger partial charge in [-0.1, -0.05) is 30.3 Å². The first-order valence-electron chi connectivity index (χ1n) is 9.22. The van der Waals surface area contributed by atoms with Gasteiger partial charge in [0.25, 0.3) is 11.8 Å². The molecular formula is C22H20N4O3. The van der Waals surface area contributed by atoms with Crippen molar-refractivity contribution in [2.75, 3.05) is 18.5 Å². The van der Waals surface area contributed by atoms with E-state index in [1.165, 1.54) is 6.08 Å². The van der Waals surface area contributed by atoms with E-state index in [2.05, 4.69) is 10.4 Å². The summed E-state index contributed by atoms with van der Waals surface area (Å²) in [4.78, 5) is 26.5. The van der Waals surface area contributed by atoms with E-state index < -0.39 is 6.10 Å². The highest BCUT2D eigenvalue weighted by Crippen LogP contribution is 2.33. The number of nitrogens with zero attached hydrogens (tertiary/aromatic N) is 3. The molecule has 1 aliphatic rings. The first-order valence-corrected chi connectivity index (χ1v) is 9.22. The maximum atomic E-state index is 12.9. The number of para-hydroxylation sites is 3. The fourth-order valence-electron chi connectivity index (χ4n) is 3.14. The summed E-state index contributed by atoms with van der Waals surface area (Å²) in [6, 6.07) is 16.9. The fourth-order valence-corrected chi connectivity index (χ4v) is 3.14. The van der Waals surface area contributed by atoms with Gasteiger partial charge in [0, 0.05) is 24.9 Å². The minimum absolute atomic E-state index is 0.142. The second kappa shape index (κ2) is 8.02. The molecule has 0 fully saturated rings. The Morgan fingerprint density at radius 1 is 1.14 bits per heavy atom. The van der Waals surface area contributed by atoms with Gasteiger partial charge in [0.15, 0.2) is 6.10 Å². The lowest BCUT2D eigenvalue weighted by molar-refractivity contribution is -0.127. The monoisotopic (exact) mass is 388 g/mol. The molecule has 1 atom stereocenters. The van der Waals surface area contributed by atoms with Crippen molar-refractivity contribution in [1.82, 2.24) is 15.1 Å². The van der Waals surface area contributed by atoms with Crippen molar-refractivity contribution in [3.05, 3.63) is 78.6 Å². The Balaban J connectivity index is 1.54. The van der Waals surface area contributed by atoms with Crippen LogP contribution in [0.25, 0.3) is 11.8 Å². The zero-order valence-corrected chi connectivity index (χ0v) is 15.9. The summed E-state index contributed by atoms with van der Waals surface area (Å²) in [5, 5.41) is 6.90. The fraction of sp³-hybridized carbons (Fsp3) is 0.136. The molecule has 1 N–H and O–H groups in total. The summed E-state index contributed by atoms with van der Waals surface area (Å²) in [7, 11) is 1.54. The molecule has 3 aromatic rings. The number of benzene rings is 2. The normalized spacial score (nSPS) is 15.6. The standard InChI is InChI=1S/C22H20N4O3/c1-23-22(28)20-15-25(18-9-5-6-10-19(18)29-20)21(27)12-11-16-13-24-26(14-16)17-7-3-2-4-8-17/h2-14,20H,15H2,1H3,(H,23,28)/b12-11+/t20-/m0/s1. The van der Waals surface area contributed by atoms with E-state index in [0.717, 1.165) is 11.3 Å². The van der Waals surface area contributed by atoms with E-state index in [0.29, 0.717) is 11.4 Å². The number of fused-ring (bicyclic) bond motifs is 1. The molecule has 0 radical (unpaired) electrons. The molecule has 2 amide bonds. The molecular weight excluding hydrogens is 368 g/mol. The number of carbonyl (C=O) groups excluding carboxylic acids is 2. The summed E-state index contributed by atoms with van der Waals surface area (Å²) >= 11 is 0. The molecule has 2 heterocycles. The summed E-state index contributed by atoms with van der Waals surface area (Å²) < 4.78 is 7.48. The van der Waals surface area contributed by atoms with Gasteiger partial charge in [-0.25, -0.2) is 4.68 Å². The first-order chi connectivity index (χ1) is 14.2. The molecule has 0 spiro atoms. The smallest absolute Gasteiger partial charge is 0.262 e. The number of ether oxygens (including phenoxy) is 1. The Bertz CT molecular complexity index is 1060. The van der Waals surface area contributed by atoms with Gasteiger partial charge in [-0.3, -0.25) is 9.59 Å². The van der Waals surface area contributed by atoms with E-state index in [1.54, 1.807) is 41.0 Å². The molecule has 0 saturated heterocycles. The molecule has 0 bridgehead atoms. The van der Waals surface area contributed by atoms with Crippen LogP contribution in [0.4, 0.5) is 5.69 Å².